The summed E-state index contributed by atoms with van der Waals surface area (Å²) in [6.07, 6.45) is 0. The molecule has 1 saturated carbocycles. The number of hydrogen-bond acceptors (Lipinski definition) is 4. The second-order valence-electron chi connectivity index (χ2n) is 3.17. The van der Waals surface area contributed by atoms with Crippen LogP contribution in [-0.2, 0) is 9.47 Å². The van der Waals surface area contributed by atoms with Crippen LogP contribution in [0.5, 0.6) is 0 Å². The van der Waals surface area contributed by atoms with Gasteiger partial charge in [-0.2, -0.15) is 0 Å². The maximum absolute atomic E-state index is 5.32. The zero-order valence-electron chi connectivity index (χ0n) is 7.37. The highest BCUT2D eigenvalue weighted by atomic mass is 16.7. The van der Waals surface area contributed by atoms with Gasteiger partial charge in [0, 0.05) is 28.3 Å². The van der Waals surface area contributed by atoms with E-state index in [9.17, 15) is 0 Å². The van der Waals surface area contributed by atoms with E-state index in [1.807, 2.05) is 14.1 Å². The molecule has 1 saturated heterocycles. The molecule has 1 aliphatic carbocycles. The molecule has 2 fully saturated rings. The molecule has 1 heterocycles. The first-order valence-electron chi connectivity index (χ1n) is 3.75. The van der Waals surface area contributed by atoms with Crippen LogP contribution < -0.4 is 0 Å². The van der Waals surface area contributed by atoms with Crippen molar-refractivity contribution in [3.8, 4) is 0 Å². The Morgan fingerprint density at radius 1 is 1.00 bits per heavy atom. The van der Waals surface area contributed by atoms with Crippen LogP contribution in [0, 0.1) is 0 Å². The molecule has 0 amide bonds. The second kappa shape index (κ2) is 1.95. The summed E-state index contributed by atoms with van der Waals surface area (Å²) < 4.78 is 10.6. The lowest BCUT2D eigenvalue weighted by atomic mass is 10.5. The van der Waals surface area contributed by atoms with E-state index in [0.29, 0.717) is 12.1 Å². The largest absolute Gasteiger partial charge is 0.350 e. The van der Waals surface area contributed by atoms with Gasteiger partial charge in [0.1, 0.15) is 12.1 Å². The van der Waals surface area contributed by atoms with Crippen molar-refractivity contribution < 1.29 is 9.47 Å². The number of hydrogen-bond donors (Lipinski definition) is 0. The molecule has 0 aromatic heterocycles. The van der Waals surface area contributed by atoms with Gasteiger partial charge < -0.3 is 9.47 Å². The Balaban J connectivity index is 2.11. The summed E-state index contributed by atoms with van der Waals surface area (Å²) in [4.78, 5) is 0. The normalized spacial score (nSPS) is 41.5. The third-order valence-corrected chi connectivity index (χ3v) is 2.96. The average molecular weight is 158 g/mol. The highest BCUT2D eigenvalue weighted by Crippen LogP contribution is 2.55. The third-order valence-electron chi connectivity index (χ3n) is 2.96. The van der Waals surface area contributed by atoms with Crippen molar-refractivity contribution in [2.24, 2.45) is 0 Å². The lowest BCUT2D eigenvalue weighted by Crippen LogP contribution is -2.51. The molecule has 0 spiro atoms. The van der Waals surface area contributed by atoms with E-state index in [-0.39, 0.29) is 5.79 Å². The minimum Gasteiger partial charge on any atom is -0.350 e. The number of ether oxygens (including phenoxy) is 2. The minimum atomic E-state index is -0.344. The Hall–Kier alpha value is -0.160. The molecule has 0 bridgehead atoms. The quantitative estimate of drug-likeness (QED) is 0.507. The zero-order chi connectivity index (χ0) is 8.22. The summed E-state index contributed by atoms with van der Waals surface area (Å²) in [5.41, 5.74) is 0. The van der Waals surface area contributed by atoms with Crippen LogP contribution in [0.2, 0.25) is 0 Å². The summed E-state index contributed by atoms with van der Waals surface area (Å²) in [6, 6.07) is 0.866. The number of rotatable bonds is 2. The summed E-state index contributed by atoms with van der Waals surface area (Å²) >= 11 is 0. The molecule has 4 nitrogen and oxygen atoms in total. The Bertz CT molecular complexity index is 165. The Kier molecular flexibility index (Phi) is 1.33. The van der Waals surface area contributed by atoms with Gasteiger partial charge in [0.25, 0.3) is 0 Å². The smallest absolute Gasteiger partial charge is 0.205 e. The monoisotopic (exact) mass is 158 g/mol. The topological polar surface area (TPSA) is 24.9 Å². The molecule has 1 aliphatic heterocycles. The Morgan fingerprint density at radius 3 is 1.55 bits per heavy atom. The van der Waals surface area contributed by atoms with Crippen LogP contribution in [0.15, 0.2) is 0 Å². The van der Waals surface area contributed by atoms with Gasteiger partial charge in [-0.3, -0.25) is 0 Å². The van der Waals surface area contributed by atoms with E-state index in [4.69, 9.17) is 9.47 Å². The van der Waals surface area contributed by atoms with E-state index in [2.05, 4.69) is 10.0 Å². The maximum atomic E-state index is 5.32. The predicted molar refractivity (Wildman–Crippen MR) is 39.9 cm³/mol. The Labute approximate surface area is 66.6 Å². The molecular formula is C7H14N2O2. The van der Waals surface area contributed by atoms with Gasteiger partial charge >= 0.3 is 0 Å². The number of methoxy groups -OCH3 is 2. The number of fused-ring (bicyclic) bond motifs is 1. The second-order valence-corrected chi connectivity index (χ2v) is 3.17. The van der Waals surface area contributed by atoms with Gasteiger partial charge in [-0.25, -0.2) is 10.0 Å². The summed E-state index contributed by atoms with van der Waals surface area (Å²) in [7, 11) is 7.48. The first-order chi connectivity index (χ1) is 5.19. The van der Waals surface area contributed by atoms with Crippen molar-refractivity contribution in [3.05, 3.63) is 0 Å². The van der Waals surface area contributed by atoms with Gasteiger partial charge in [-0.15, -0.1) is 0 Å². The molecule has 2 aliphatic rings. The maximum Gasteiger partial charge on any atom is 0.205 e. The lowest BCUT2D eigenvalue weighted by molar-refractivity contribution is -0.133. The van der Waals surface area contributed by atoms with E-state index < -0.39 is 0 Å². The van der Waals surface area contributed by atoms with Gasteiger partial charge in [-0.1, -0.05) is 0 Å². The molecule has 2 unspecified atom stereocenters. The van der Waals surface area contributed by atoms with Gasteiger partial charge in [0.05, 0.1) is 0 Å². The standard InChI is InChI=1S/C7H14N2O2/c1-8-5-6(9(8)2)7(5,10-3)11-4/h5-6H,1-4H3. The van der Waals surface area contributed by atoms with Crippen LogP contribution >= 0.6 is 0 Å². The van der Waals surface area contributed by atoms with Crippen LogP contribution in [0.1, 0.15) is 0 Å². The first kappa shape index (κ1) is 7.49. The van der Waals surface area contributed by atoms with Gasteiger partial charge in [0.2, 0.25) is 5.79 Å². The van der Waals surface area contributed by atoms with Crippen molar-refractivity contribution in [2.45, 2.75) is 17.9 Å². The van der Waals surface area contributed by atoms with Crippen molar-refractivity contribution in [2.75, 3.05) is 28.3 Å². The van der Waals surface area contributed by atoms with Crippen LogP contribution in [-0.4, -0.2) is 56.2 Å². The molecular weight excluding hydrogens is 144 g/mol. The molecule has 2 atom stereocenters. The molecule has 4 heteroatoms. The SMILES string of the molecule is COC1(OC)C2C1N(C)N2C. The number of hydrazine groups is 1. The van der Waals surface area contributed by atoms with E-state index in [1.54, 1.807) is 14.2 Å². The molecule has 2 rings (SSSR count). The Morgan fingerprint density at radius 2 is 1.36 bits per heavy atom. The molecule has 0 aromatic carbocycles. The van der Waals surface area contributed by atoms with Crippen molar-refractivity contribution >= 4 is 0 Å². The average Bonchev–Trinajstić information content (AvgIpc) is 2.69. The molecule has 0 N–H and O–H groups in total. The molecule has 0 radical (unpaired) electrons. The molecule has 64 valence electrons. The number of likely N-dealkylation sites (N-methyl/N-ethyl adjacent to an activating group) is 2. The third kappa shape index (κ3) is 0.597. The first-order valence-corrected chi connectivity index (χ1v) is 3.75. The van der Waals surface area contributed by atoms with Crippen molar-refractivity contribution in [1.82, 2.24) is 10.0 Å². The highest BCUT2D eigenvalue weighted by molar-refractivity contribution is 5.25. The summed E-state index contributed by atoms with van der Waals surface area (Å²) in [6.45, 7) is 0. The van der Waals surface area contributed by atoms with E-state index in [0.717, 1.165) is 0 Å². The lowest BCUT2D eigenvalue weighted by Gasteiger charge is -2.35. The minimum absolute atomic E-state index is 0.344. The summed E-state index contributed by atoms with van der Waals surface area (Å²) in [5.74, 6) is -0.344. The molecule has 0 aromatic rings. The fourth-order valence-corrected chi connectivity index (χ4v) is 2.13. The van der Waals surface area contributed by atoms with Crippen molar-refractivity contribution in [1.29, 1.82) is 0 Å². The fraction of sp³-hybridized carbons (Fsp3) is 1.00. The van der Waals surface area contributed by atoms with Crippen molar-refractivity contribution in [3.63, 3.8) is 0 Å². The van der Waals surface area contributed by atoms with E-state index in [1.165, 1.54) is 0 Å². The predicted octanol–water partition coefficient (Wildman–Crippen LogP) is -0.481. The van der Waals surface area contributed by atoms with Crippen LogP contribution in [0.3, 0.4) is 0 Å². The fourth-order valence-electron chi connectivity index (χ4n) is 2.13. The zero-order valence-corrected chi connectivity index (χ0v) is 7.37. The number of nitrogens with zero attached hydrogens (tertiary/aromatic N) is 2. The van der Waals surface area contributed by atoms with E-state index >= 15 is 0 Å². The van der Waals surface area contributed by atoms with Gasteiger partial charge in [-0.05, 0) is 0 Å². The van der Waals surface area contributed by atoms with Gasteiger partial charge in [0.15, 0.2) is 0 Å². The van der Waals surface area contributed by atoms with Crippen LogP contribution in [0.25, 0.3) is 0 Å². The highest BCUT2D eigenvalue weighted by Gasteiger charge is 2.79. The summed E-state index contributed by atoms with van der Waals surface area (Å²) in [5, 5.41) is 4.27. The molecule has 11 heavy (non-hydrogen) atoms. The van der Waals surface area contributed by atoms with Crippen LogP contribution in [0.4, 0.5) is 0 Å².